The molecule has 2 N–H and O–H groups in total. The summed E-state index contributed by atoms with van der Waals surface area (Å²) in [5, 5.41) is 5.90. The Morgan fingerprint density at radius 1 is 0.969 bits per heavy atom. The van der Waals surface area contributed by atoms with Crippen LogP contribution in [0.1, 0.15) is 29.4 Å². The van der Waals surface area contributed by atoms with Crippen LogP contribution in [0, 0.1) is 13.8 Å². The molecule has 1 aliphatic rings. The first-order valence-electron chi connectivity index (χ1n) is 10.2. The predicted molar refractivity (Wildman–Crippen MR) is 121 cm³/mol. The van der Waals surface area contributed by atoms with Gasteiger partial charge in [0.05, 0.1) is 18.4 Å². The highest BCUT2D eigenvalue weighted by Gasteiger charge is 2.39. The number of amides is 3. The van der Waals surface area contributed by atoms with E-state index in [4.69, 9.17) is 4.42 Å². The van der Waals surface area contributed by atoms with Crippen molar-refractivity contribution < 1.29 is 18.8 Å². The highest BCUT2D eigenvalue weighted by atomic mass is 16.3. The lowest BCUT2D eigenvalue weighted by Crippen LogP contribution is -2.31. The van der Waals surface area contributed by atoms with Gasteiger partial charge in [-0.1, -0.05) is 24.3 Å². The molecule has 2 heterocycles. The summed E-state index contributed by atoms with van der Waals surface area (Å²) in [7, 11) is 0. The molecule has 0 aliphatic carbocycles. The van der Waals surface area contributed by atoms with Crippen LogP contribution in [0.4, 0.5) is 11.4 Å². The van der Waals surface area contributed by atoms with E-state index in [2.05, 4.69) is 10.6 Å². The zero-order valence-corrected chi connectivity index (χ0v) is 18.1. The maximum Gasteiger partial charge on any atom is 0.278 e. The molecule has 7 heteroatoms. The number of rotatable bonds is 6. The van der Waals surface area contributed by atoms with Crippen LogP contribution in [0.3, 0.4) is 0 Å². The van der Waals surface area contributed by atoms with Crippen molar-refractivity contribution in [1.29, 1.82) is 0 Å². The number of hydrogen-bond donors (Lipinski definition) is 2. The summed E-state index contributed by atoms with van der Waals surface area (Å²) in [5.74, 6) is -0.509. The number of anilines is 2. The largest absolute Gasteiger partial charge is 0.467 e. The Labute approximate surface area is 185 Å². The number of hydrogen-bond acceptors (Lipinski definition) is 5. The maximum absolute atomic E-state index is 13.4. The standard InChI is InChI=1S/C25H23N3O4/c1-15-6-4-8-21(16(15)2)27-23-22(18-9-11-19(12-10-18)26-17(3)29)24(30)28(25(23)31)14-20-7-5-13-32-20/h4-13,27H,14H2,1-3H3,(H,26,29). The number of carbonyl (C=O) groups excluding carboxylic acids is 3. The average Bonchev–Trinajstić information content (AvgIpc) is 3.35. The Bertz CT molecular complexity index is 1220. The van der Waals surface area contributed by atoms with Crippen LogP contribution in [-0.2, 0) is 20.9 Å². The fourth-order valence-electron chi connectivity index (χ4n) is 3.61. The minimum absolute atomic E-state index is 0.0378. The van der Waals surface area contributed by atoms with Gasteiger partial charge in [0.1, 0.15) is 11.5 Å². The molecule has 0 bridgehead atoms. The van der Waals surface area contributed by atoms with Crippen molar-refractivity contribution in [2.24, 2.45) is 0 Å². The van der Waals surface area contributed by atoms with Gasteiger partial charge in [0.2, 0.25) is 5.91 Å². The third-order valence-electron chi connectivity index (χ3n) is 5.42. The van der Waals surface area contributed by atoms with E-state index < -0.39 is 11.8 Å². The molecule has 3 aromatic rings. The van der Waals surface area contributed by atoms with Gasteiger partial charge in [0, 0.05) is 18.3 Å². The molecule has 1 aliphatic heterocycles. The van der Waals surface area contributed by atoms with E-state index in [9.17, 15) is 14.4 Å². The van der Waals surface area contributed by atoms with Crippen molar-refractivity contribution in [2.75, 3.05) is 10.6 Å². The van der Waals surface area contributed by atoms with Crippen molar-refractivity contribution in [3.63, 3.8) is 0 Å². The maximum atomic E-state index is 13.4. The van der Waals surface area contributed by atoms with E-state index in [1.54, 1.807) is 36.4 Å². The number of benzene rings is 2. The number of nitrogens with zero attached hydrogens (tertiary/aromatic N) is 1. The second-order valence-corrected chi connectivity index (χ2v) is 7.66. The highest BCUT2D eigenvalue weighted by molar-refractivity contribution is 6.36. The molecule has 0 spiro atoms. The van der Waals surface area contributed by atoms with Gasteiger partial charge >= 0.3 is 0 Å². The Morgan fingerprint density at radius 2 is 1.72 bits per heavy atom. The second-order valence-electron chi connectivity index (χ2n) is 7.66. The monoisotopic (exact) mass is 429 g/mol. The average molecular weight is 429 g/mol. The van der Waals surface area contributed by atoms with Crippen LogP contribution >= 0.6 is 0 Å². The Morgan fingerprint density at radius 3 is 2.38 bits per heavy atom. The fraction of sp³-hybridized carbons (Fsp3) is 0.160. The van der Waals surface area contributed by atoms with Crippen LogP contribution in [0.2, 0.25) is 0 Å². The van der Waals surface area contributed by atoms with Crippen LogP contribution in [0.5, 0.6) is 0 Å². The molecule has 32 heavy (non-hydrogen) atoms. The van der Waals surface area contributed by atoms with E-state index in [1.807, 2.05) is 32.0 Å². The van der Waals surface area contributed by atoms with E-state index in [-0.39, 0.29) is 23.7 Å². The molecule has 2 aromatic carbocycles. The van der Waals surface area contributed by atoms with Crippen molar-refractivity contribution in [3.8, 4) is 0 Å². The van der Waals surface area contributed by atoms with Gasteiger partial charge in [-0.2, -0.15) is 0 Å². The Kier molecular flexibility index (Phi) is 5.64. The lowest BCUT2D eigenvalue weighted by Gasteiger charge is -2.15. The zero-order chi connectivity index (χ0) is 22.8. The molecular formula is C25H23N3O4. The van der Waals surface area contributed by atoms with E-state index >= 15 is 0 Å². The second kappa shape index (κ2) is 8.55. The Hall–Kier alpha value is -4.13. The summed E-state index contributed by atoms with van der Waals surface area (Å²) in [5.41, 5.74) is 4.49. The molecular weight excluding hydrogens is 406 g/mol. The number of carbonyl (C=O) groups is 3. The first-order valence-corrected chi connectivity index (χ1v) is 10.2. The number of furan rings is 1. The van der Waals surface area contributed by atoms with Crippen molar-refractivity contribution in [2.45, 2.75) is 27.3 Å². The molecule has 4 rings (SSSR count). The molecule has 0 radical (unpaired) electrons. The van der Waals surface area contributed by atoms with Gasteiger partial charge in [0.15, 0.2) is 0 Å². The van der Waals surface area contributed by atoms with E-state index in [0.29, 0.717) is 17.0 Å². The van der Waals surface area contributed by atoms with Gasteiger partial charge in [-0.3, -0.25) is 19.3 Å². The summed E-state index contributed by atoms with van der Waals surface area (Å²) in [6.45, 7) is 5.41. The SMILES string of the molecule is CC(=O)Nc1ccc(C2=C(Nc3cccc(C)c3C)C(=O)N(Cc3ccco3)C2=O)cc1. The van der Waals surface area contributed by atoms with Gasteiger partial charge < -0.3 is 15.1 Å². The molecule has 7 nitrogen and oxygen atoms in total. The minimum atomic E-state index is -0.423. The predicted octanol–water partition coefficient (Wildman–Crippen LogP) is 4.25. The van der Waals surface area contributed by atoms with Crippen molar-refractivity contribution in [1.82, 2.24) is 4.90 Å². The normalized spacial score (nSPS) is 13.7. The van der Waals surface area contributed by atoms with Gasteiger partial charge in [-0.25, -0.2) is 0 Å². The first kappa shape index (κ1) is 21.1. The summed E-state index contributed by atoms with van der Waals surface area (Å²) < 4.78 is 5.35. The topological polar surface area (TPSA) is 91.7 Å². The summed E-state index contributed by atoms with van der Waals surface area (Å²) >= 11 is 0. The quantitative estimate of drug-likeness (QED) is 0.572. The Balaban J connectivity index is 1.75. The van der Waals surface area contributed by atoms with Crippen LogP contribution in [-0.4, -0.2) is 22.6 Å². The molecule has 0 atom stereocenters. The number of imide groups is 1. The molecule has 1 aromatic heterocycles. The van der Waals surface area contributed by atoms with E-state index in [0.717, 1.165) is 16.8 Å². The molecule has 3 amide bonds. The molecule has 0 saturated heterocycles. The number of nitrogens with one attached hydrogen (secondary N) is 2. The van der Waals surface area contributed by atoms with Crippen LogP contribution in [0.25, 0.3) is 5.57 Å². The number of aryl methyl sites for hydroxylation is 1. The van der Waals surface area contributed by atoms with Gasteiger partial charge in [-0.05, 0) is 60.9 Å². The van der Waals surface area contributed by atoms with Crippen molar-refractivity contribution in [3.05, 3.63) is 89.0 Å². The molecule has 0 fully saturated rings. The summed E-state index contributed by atoms with van der Waals surface area (Å²) in [6.07, 6.45) is 1.50. The highest BCUT2D eigenvalue weighted by Crippen LogP contribution is 2.33. The minimum Gasteiger partial charge on any atom is -0.467 e. The third-order valence-corrected chi connectivity index (χ3v) is 5.42. The van der Waals surface area contributed by atoms with Gasteiger partial charge in [0.25, 0.3) is 11.8 Å². The van der Waals surface area contributed by atoms with Crippen LogP contribution in [0.15, 0.2) is 71.0 Å². The molecule has 162 valence electrons. The summed E-state index contributed by atoms with van der Waals surface area (Å²) in [6, 6.07) is 16.0. The van der Waals surface area contributed by atoms with Crippen molar-refractivity contribution >= 4 is 34.7 Å². The molecule has 0 unspecified atom stereocenters. The zero-order valence-electron chi connectivity index (χ0n) is 18.1. The lowest BCUT2D eigenvalue weighted by molar-refractivity contribution is -0.137. The molecule has 0 saturated carbocycles. The first-order chi connectivity index (χ1) is 15.3. The van der Waals surface area contributed by atoms with Gasteiger partial charge in [-0.15, -0.1) is 0 Å². The fourth-order valence-corrected chi connectivity index (χ4v) is 3.61. The smallest absolute Gasteiger partial charge is 0.278 e. The van der Waals surface area contributed by atoms with E-state index in [1.165, 1.54) is 18.1 Å². The third kappa shape index (κ3) is 4.05. The summed E-state index contributed by atoms with van der Waals surface area (Å²) in [4.78, 5) is 39.2. The lowest BCUT2D eigenvalue weighted by atomic mass is 10.0. The van der Waals surface area contributed by atoms with Crippen LogP contribution < -0.4 is 10.6 Å².